The van der Waals surface area contributed by atoms with Gasteiger partial charge in [-0.15, -0.1) is 0 Å². The molecule has 0 aliphatic heterocycles. The van der Waals surface area contributed by atoms with Crippen LogP contribution in [-0.2, 0) is 10.0 Å². The van der Waals surface area contributed by atoms with Crippen molar-refractivity contribution >= 4 is 10.0 Å². The molecule has 0 saturated heterocycles. The number of benzene rings is 1. The molecule has 0 unspecified atom stereocenters. The van der Waals surface area contributed by atoms with Gasteiger partial charge in [0.1, 0.15) is 5.75 Å². The third-order valence-corrected chi connectivity index (χ3v) is 6.08. The number of rotatable bonds is 7. The highest BCUT2D eigenvalue weighted by molar-refractivity contribution is 7.89. The van der Waals surface area contributed by atoms with E-state index in [1.165, 1.54) is 0 Å². The normalized spacial score (nSPS) is 14.7. The fourth-order valence-corrected chi connectivity index (χ4v) is 4.39. The number of aliphatic hydroxyl groups is 1. The standard InChI is InChI=1S/C16H27NO4S/c1-7-10(2)14(9-18)17-22(19,20)16-11(3)8-15(21-6)12(4)13(16)5/h8,10,14,17-18H,7,9H2,1-6H3/t10-,14+/m0/s1. The van der Waals surface area contributed by atoms with E-state index in [-0.39, 0.29) is 17.4 Å². The molecule has 2 atom stereocenters. The van der Waals surface area contributed by atoms with Crippen molar-refractivity contribution in [1.29, 1.82) is 0 Å². The number of methoxy groups -OCH3 is 1. The Morgan fingerprint density at radius 2 is 1.86 bits per heavy atom. The lowest BCUT2D eigenvalue weighted by Crippen LogP contribution is -2.42. The van der Waals surface area contributed by atoms with Gasteiger partial charge in [-0.2, -0.15) is 0 Å². The molecule has 1 rings (SSSR count). The highest BCUT2D eigenvalue weighted by Crippen LogP contribution is 2.30. The quantitative estimate of drug-likeness (QED) is 0.805. The average molecular weight is 329 g/mol. The molecule has 0 fully saturated rings. The van der Waals surface area contributed by atoms with Crippen molar-refractivity contribution in [2.45, 2.75) is 52.0 Å². The maximum absolute atomic E-state index is 12.8. The summed E-state index contributed by atoms with van der Waals surface area (Å²) in [6, 6.07) is 1.24. The minimum Gasteiger partial charge on any atom is -0.496 e. The molecule has 0 bridgehead atoms. The molecule has 0 aliphatic rings. The number of hydrogen-bond acceptors (Lipinski definition) is 4. The molecule has 6 heteroatoms. The van der Waals surface area contributed by atoms with Gasteiger partial charge >= 0.3 is 0 Å². The average Bonchev–Trinajstić information content (AvgIpc) is 2.47. The number of aliphatic hydroxyl groups excluding tert-OH is 1. The van der Waals surface area contributed by atoms with Gasteiger partial charge < -0.3 is 9.84 Å². The Labute approximate surface area is 133 Å². The molecule has 0 aliphatic carbocycles. The van der Waals surface area contributed by atoms with E-state index in [2.05, 4.69) is 4.72 Å². The Kier molecular flexibility index (Phi) is 6.40. The summed E-state index contributed by atoms with van der Waals surface area (Å²) >= 11 is 0. The third kappa shape index (κ3) is 3.80. The summed E-state index contributed by atoms with van der Waals surface area (Å²) < 4.78 is 33.4. The maximum atomic E-state index is 12.8. The van der Waals surface area contributed by atoms with Crippen LogP contribution in [0.15, 0.2) is 11.0 Å². The van der Waals surface area contributed by atoms with Gasteiger partial charge in [0.25, 0.3) is 0 Å². The molecule has 0 saturated carbocycles. The van der Waals surface area contributed by atoms with Crippen molar-refractivity contribution in [3.05, 3.63) is 22.8 Å². The third-order valence-electron chi connectivity index (χ3n) is 4.30. The Bertz CT molecular complexity index is 626. The first-order valence-corrected chi connectivity index (χ1v) is 8.95. The SMILES string of the molecule is CC[C@H](C)[C@@H](CO)NS(=O)(=O)c1c(C)cc(OC)c(C)c1C. The molecule has 2 N–H and O–H groups in total. The van der Waals surface area contributed by atoms with Crippen LogP contribution in [-0.4, -0.2) is 33.3 Å². The highest BCUT2D eigenvalue weighted by atomic mass is 32.2. The lowest BCUT2D eigenvalue weighted by atomic mass is 10.0. The summed E-state index contributed by atoms with van der Waals surface area (Å²) in [4.78, 5) is 0.271. The molecular weight excluding hydrogens is 302 g/mol. The minimum absolute atomic E-state index is 0.0553. The summed E-state index contributed by atoms with van der Waals surface area (Å²) in [5.41, 5.74) is 2.11. The first-order valence-electron chi connectivity index (χ1n) is 7.47. The molecule has 0 heterocycles. The molecule has 22 heavy (non-hydrogen) atoms. The van der Waals surface area contributed by atoms with Crippen LogP contribution < -0.4 is 9.46 Å². The van der Waals surface area contributed by atoms with Crippen LogP contribution in [0.25, 0.3) is 0 Å². The Hall–Kier alpha value is -1.11. The zero-order chi connectivity index (χ0) is 17.1. The van der Waals surface area contributed by atoms with Crippen LogP contribution in [0.1, 0.15) is 37.0 Å². The van der Waals surface area contributed by atoms with Gasteiger partial charge in [0.15, 0.2) is 0 Å². The number of nitrogens with one attached hydrogen (secondary N) is 1. The van der Waals surface area contributed by atoms with Crippen LogP contribution >= 0.6 is 0 Å². The summed E-state index contributed by atoms with van der Waals surface area (Å²) in [6.07, 6.45) is 0.785. The summed E-state index contributed by atoms with van der Waals surface area (Å²) in [6.45, 7) is 9.03. The molecule has 126 valence electrons. The van der Waals surface area contributed by atoms with Crippen LogP contribution in [0.4, 0.5) is 0 Å². The van der Waals surface area contributed by atoms with Crippen molar-refractivity contribution < 1.29 is 18.3 Å². The minimum atomic E-state index is -3.70. The van der Waals surface area contributed by atoms with E-state index < -0.39 is 16.1 Å². The monoisotopic (exact) mass is 329 g/mol. The van der Waals surface area contributed by atoms with Gasteiger partial charge in [-0.1, -0.05) is 20.3 Å². The van der Waals surface area contributed by atoms with Gasteiger partial charge in [-0.25, -0.2) is 13.1 Å². The van der Waals surface area contributed by atoms with Crippen LogP contribution in [0, 0.1) is 26.7 Å². The summed E-state index contributed by atoms with van der Waals surface area (Å²) in [5, 5.41) is 9.47. The first-order chi connectivity index (χ1) is 10.2. The number of sulfonamides is 1. The Morgan fingerprint density at radius 1 is 1.27 bits per heavy atom. The van der Waals surface area contributed by atoms with Gasteiger partial charge in [-0.3, -0.25) is 0 Å². The van der Waals surface area contributed by atoms with Gasteiger partial charge in [0.2, 0.25) is 10.0 Å². The van der Waals surface area contributed by atoms with E-state index >= 15 is 0 Å². The van der Waals surface area contributed by atoms with Crippen molar-refractivity contribution in [3.8, 4) is 5.75 Å². The van der Waals surface area contributed by atoms with E-state index in [9.17, 15) is 13.5 Å². The van der Waals surface area contributed by atoms with Crippen LogP contribution in [0.2, 0.25) is 0 Å². The van der Waals surface area contributed by atoms with Crippen molar-refractivity contribution in [2.24, 2.45) is 5.92 Å². The molecule has 0 aromatic heterocycles. The molecule has 1 aromatic carbocycles. The van der Waals surface area contributed by atoms with E-state index in [0.29, 0.717) is 16.9 Å². The summed E-state index contributed by atoms with van der Waals surface area (Å²) in [5.74, 6) is 0.731. The van der Waals surface area contributed by atoms with Gasteiger partial charge in [0.05, 0.1) is 18.6 Å². The van der Waals surface area contributed by atoms with Crippen LogP contribution in [0.5, 0.6) is 5.75 Å². The number of aryl methyl sites for hydroxylation is 1. The second-order valence-electron chi connectivity index (χ2n) is 5.77. The lowest BCUT2D eigenvalue weighted by molar-refractivity contribution is 0.219. The van der Waals surface area contributed by atoms with Crippen molar-refractivity contribution in [2.75, 3.05) is 13.7 Å². The van der Waals surface area contributed by atoms with E-state index in [4.69, 9.17) is 4.74 Å². The van der Waals surface area contributed by atoms with Gasteiger partial charge in [0, 0.05) is 6.04 Å². The molecule has 0 radical (unpaired) electrons. The number of ether oxygens (including phenoxy) is 1. The zero-order valence-electron chi connectivity index (χ0n) is 14.2. The van der Waals surface area contributed by atoms with E-state index in [1.807, 2.05) is 20.8 Å². The van der Waals surface area contributed by atoms with Crippen molar-refractivity contribution in [3.63, 3.8) is 0 Å². The second-order valence-corrected chi connectivity index (χ2v) is 7.42. The fraction of sp³-hybridized carbons (Fsp3) is 0.625. The fourth-order valence-electron chi connectivity index (χ4n) is 2.52. The van der Waals surface area contributed by atoms with E-state index in [0.717, 1.165) is 12.0 Å². The predicted octanol–water partition coefficient (Wildman–Crippen LogP) is 2.31. The Morgan fingerprint density at radius 3 is 2.32 bits per heavy atom. The zero-order valence-corrected chi connectivity index (χ0v) is 15.0. The maximum Gasteiger partial charge on any atom is 0.241 e. The second kappa shape index (κ2) is 7.44. The molecule has 1 aromatic rings. The first kappa shape index (κ1) is 18.9. The highest BCUT2D eigenvalue weighted by Gasteiger charge is 2.27. The lowest BCUT2D eigenvalue weighted by Gasteiger charge is -2.24. The van der Waals surface area contributed by atoms with E-state index in [1.54, 1.807) is 27.0 Å². The topological polar surface area (TPSA) is 75.6 Å². The summed E-state index contributed by atoms with van der Waals surface area (Å²) in [7, 11) is -2.13. The van der Waals surface area contributed by atoms with Crippen molar-refractivity contribution in [1.82, 2.24) is 4.72 Å². The Balaban J connectivity index is 3.32. The smallest absolute Gasteiger partial charge is 0.241 e. The molecule has 0 amide bonds. The predicted molar refractivity (Wildman–Crippen MR) is 87.9 cm³/mol. The number of hydrogen-bond donors (Lipinski definition) is 2. The molecule has 0 spiro atoms. The van der Waals surface area contributed by atoms with Crippen LogP contribution in [0.3, 0.4) is 0 Å². The molecule has 5 nitrogen and oxygen atoms in total. The largest absolute Gasteiger partial charge is 0.496 e. The van der Waals surface area contributed by atoms with Gasteiger partial charge in [-0.05, 0) is 49.4 Å². The molecular formula is C16H27NO4S.